The number of aliphatic imine (C=N–C) groups is 1. The summed E-state index contributed by atoms with van der Waals surface area (Å²) in [7, 11) is -6.67. The van der Waals surface area contributed by atoms with E-state index in [-0.39, 0.29) is 38.4 Å². The minimum atomic E-state index is -4.88. The Balaban J connectivity index is 0.000000196. The number of carbonyl (C=O) groups excluding carboxylic acids is 2. The van der Waals surface area contributed by atoms with Crippen LogP contribution < -0.4 is 9.44 Å². The number of sulfonamides is 2. The van der Waals surface area contributed by atoms with Crippen molar-refractivity contribution >= 4 is 129 Å². The van der Waals surface area contributed by atoms with Gasteiger partial charge in [-0.25, -0.2) is 36.9 Å². The van der Waals surface area contributed by atoms with E-state index in [0.29, 0.717) is 23.2 Å². The van der Waals surface area contributed by atoms with E-state index in [1.54, 1.807) is 0 Å². The summed E-state index contributed by atoms with van der Waals surface area (Å²) < 4.78 is 135. The number of aromatic nitrogens is 6. The Bertz CT molecular complexity index is 3470. The molecule has 1 aliphatic heterocycles. The summed E-state index contributed by atoms with van der Waals surface area (Å²) >= 11 is 25.1. The molecule has 5 aromatic heterocycles. The standard InChI is InChI=1S/C19H10Cl2F3N5O3S.C15H12Cl2F3N3O4S.C7H5IN2/c20-9-5-15(29-33(31,32)10-1-2-14(21)13(6-10)19(22,23)24)16(26-7-9)17(30)11-3-4-25-18-12(11)8-27-28-18;1-23(27-2)14(24)13-12(5-8(16)7-21-13)22-28(25,26)9-3-4-11(17)10(6-9)15(18,19)20;8-6-1-2-10-7-4-9-3-5(6)7/h1-8,29H,(H,25,27,28);3-7,22H,1-2H3;1-3H,4H2. The lowest BCUT2D eigenvalue weighted by Gasteiger charge is -2.17. The van der Waals surface area contributed by atoms with Gasteiger partial charge in [0.15, 0.2) is 11.3 Å². The Kier molecular flexibility index (Phi) is 16.9. The number of aromatic amines is 1. The Morgan fingerprint density at radius 2 is 1.25 bits per heavy atom. The summed E-state index contributed by atoms with van der Waals surface area (Å²) in [6.45, 7) is 0.756. The van der Waals surface area contributed by atoms with Gasteiger partial charge in [-0.1, -0.05) is 46.4 Å². The number of carbonyl (C=O) groups is 2. The fourth-order valence-corrected chi connectivity index (χ4v) is 9.50. The number of halogens is 11. The van der Waals surface area contributed by atoms with Gasteiger partial charge in [0.2, 0.25) is 5.78 Å². The zero-order valence-corrected chi connectivity index (χ0v) is 42.2. The fourth-order valence-electron chi connectivity index (χ4n) is 5.95. The molecule has 0 radical (unpaired) electrons. The number of hydrogen-bond acceptors (Lipinski definition) is 13. The smallest absolute Gasteiger partial charge is 0.287 e. The van der Waals surface area contributed by atoms with Gasteiger partial charge >= 0.3 is 12.4 Å². The molecular weight excluding hydrogens is 1190 g/mol. The number of benzene rings is 2. The fraction of sp³-hybridized carbons (Fsp3) is 0.122. The maximum absolute atomic E-state index is 13.2. The SMILES string of the molecule is CON(C)C(=O)c1ncc(Cl)cc1NS(=O)(=O)c1ccc(Cl)c(C(F)(F)F)c1.Ic1ccnc2c1C=NC2.O=C(c1ncc(Cl)cc1NS(=O)(=O)c1ccc(Cl)c(C(F)(F)F)c1)c1ccnc2[nH]ncc12. The maximum Gasteiger partial charge on any atom is 0.417 e. The van der Waals surface area contributed by atoms with Crippen LogP contribution in [0.4, 0.5) is 37.7 Å². The summed E-state index contributed by atoms with van der Waals surface area (Å²) in [5.41, 5.74) is -1.29. The van der Waals surface area contributed by atoms with Crippen LogP contribution >= 0.6 is 69.0 Å². The monoisotopic (exact) mass is 1220 g/mol. The van der Waals surface area contributed by atoms with Gasteiger partial charge in [-0.05, 0) is 83.3 Å². The number of nitrogens with one attached hydrogen (secondary N) is 3. The minimum absolute atomic E-state index is 0.0126. The third-order valence-electron chi connectivity index (χ3n) is 9.36. The lowest BCUT2D eigenvalue weighted by Crippen LogP contribution is -2.28. The highest BCUT2D eigenvalue weighted by atomic mass is 127. The van der Waals surface area contributed by atoms with Gasteiger partial charge in [0.05, 0.1) is 77.9 Å². The molecule has 1 amide bonds. The molecule has 17 nitrogen and oxygen atoms in total. The highest BCUT2D eigenvalue weighted by Gasteiger charge is 2.36. The Labute approximate surface area is 431 Å². The lowest BCUT2D eigenvalue weighted by molar-refractivity contribution is -0.138. The van der Waals surface area contributed by atoms with Crippen LogP contribution in [0.15, 0.2) is 106 Å². The Morgan fingerprint density at radius 3 is 1.77 bits per heavy atom. The van der Waals surface area contributed by atoms with Gasteiger partial charge in [-0.15, -0.1) is 0 Å². The number of H-pyrrole nitrogens is 1. The van der Waals surface area contributed by atoms with Gasteiger partial charge in [0, 0.05) is 58.1 Å². The number of amides is 1. The first-order valence-electron chi connectivity index (χ1n) is 19.1. The van der Waals surface area contributed by atoms with Crippen LogP contribution in [-0.2, 0) is 43.8 Å². The molecule has 0 saturated carbocycles. The maximum atomic E-state index is 13.2. The molecule has 30 heteroatoms. The number of anilines is 2. The summed E-state index contributed by atoms with van der Waals surface area (Å²) in [5.74, 6) is -1.51. The molecular formula is C41H27Cl4F6IN10O7S2. The summed E-state index contributed by atoms with van der Waals surface area (Å²) in [6.07, 6.45) is -1.08. The van der Waals surface area contributed by atoms with E-state index < -0.39 is 75.1 Å². The molecule has 0 saturated heterocycles. The van der Waals surface area contributed by atoms with Crippen molar-refractivity contribution in [1.29, 1.82) is 0 Å². The second kappa shape index (κ2) is 21.9. The molecule has 6 heterocycles. The molecule has 1 aliphatic rings. The number of hydroxylamine groups is 2. The number of rotatable bonds is 10. The van der Waals surface area contributed by atoms with Crippen LogP contribution in [0.5, 0.6) is 0 Å². The molecule has 8 rings (SSSR count). The highest BCUT2D eigenvalue weighted by Crippen LogP contribution is 2.38. The molecule has 3 N–H and O–H groups in total. The van der Waals surface area contributed by atoms with Crippen molar-refractivity contribution in [2.45, 2.75) is 28.7 Å². The lowest BCUT2D eigenvalue weighted by atomic mass is 10.1. The van der Waals surface area contributed by atoms with Gasteiger partial charge < -0.3 is 0 Å². The number of pyridine rings is 4. The van der Waals surface area contributed by atoms with Crippen molar-refractivity contribution in [1.82, 2.24) is 35.2 Å². The van der Waals surface area contributed by atoms with Gasteiger partial charge in [-0.2, -0.15) is 31.4 Å². The predicted octanol–water partition coefficient (Wildman–Crippen LogP) is 10.2. The molecule has 71 heavy (non-hydrogen) atoms. The second-order valence-corrected chi connectivity index (χ2v) is 20.2. The molecule has 0 bridgehead atoms. The third kappa shape index (κ3) is 13.0. The number of alkyl halides is 6. The Morgan fingerprint density at radius 1 is 0.732 bits per heavy atom. The van der Waals surface area contributed by atoms with E-state index in [0.717, 1.165) is 66.1 Å². The van der Waals surface area contributed by atoms with Crippen molar-refractivity contribution in [3.63, 3.8) is 0 Å². The van der Waals surface area contributed by atoms with Gasteiger partial charge in [-0.3, -0.25) is 38.9 Å². The average Bonchev–Trinajstić information content (AvgIpc) is 3.99. The van der Waals surface area contributed by atoms with Crippen LogP contribution in [0, 0.1) is 3.57 Å². The van der Waals surface area contributed by atoms with Crippen molar-refractivity contribution in [3.05, 3.63) is 155 Å². The molecule has 7 aromatic rings. The van der Waals surface area contributed by atoms with Crippen molar-refractivity contribution < 1.29 is 57.6 Å². The number of ketones is 1. The van der Waals surface area contributed by atoms with E-state index in [4.69, 9.17) is 51.2 Å². The average molecular weight is 1220 g/mol. The number of nitrogens with zero attached hydrogens (tertiary/aromatic N) is 7. The van der Waals surface area contributed by atoms with E-state index in [1.807, 2.05) is 23.2 Å². The summed E-state index contributed by atoms with van der Waals surface area (Å²) in [4.78, 5) is 48.7. The molecule has 0 atom stereocenters. The van der Waals surface area contributed by atoms with Crippen LogP contribution in [-0.4, -0.2) is 84.1 Å². The molecule has 0 aliphatic carbocycles. The van der Waals surface area contributed by atoms with E-state index >= 15 is 0 Å². The van der Waals surface area contributed by atoms with E-state index in [9.17, 15) is 52.8 Å². The predicted molar refractivity (Wildman–Crippen MR) is 258 cm³/mol. The first kappa shape index (κ1) is 54.6. The molecule has 2 aromatic carbocycles. The first-order chi connectivity index (χ1) is 33.2. The van der Waals surface area contributed by atoms with Crippen molar-refractivity contribution in [2.75, 3.05) is 23.6 Å². The molecule has 372 valence electrons. The third-order valence-corrected chi connectivity index (χ3v) is 14.1. The van der Waals surface area contributed by atoms with Gasteiger partial charge in [0.1, 0.15) is 5.69 Å². The number of hydrogen-bond donors (Lipinski definition) is 3. The summed E-state index contributed by atoms with van der Waals surface area (Å²) in [6, 6.07) is 9.77. The normalized spacial score (nSPS) is 12.3. The van der Waals surface area contributed by atoms with Crippen LogP contribution in [0.25, 0.3) is 11.0 Å². The van der Waals surface area contributed by atoms with Crippen LogP contribution in [0.1, 0.15) is 48.9 Å². The number of fused-ring (bicyclic) bond motifs is 2. The van der Waals surface area contributed by atoms with E-state index in [2.05, 4.69) is 62.4 Å². The molecule has 0 spiro atoms. The quantitative estimate of drug-likeness (QED) is 0.0503. The zero-order chi connectivity index (χ0) is 52.2. The minimum Gasteiger partial charge on any atom is -0.287 e. The first-order valence-corrected chi connectivity index (χ1v) is 24.7. The van der Waals surface area contributed by atoms with E-state index in [1.165, 1.54) is 41.8 Å². The summed E-state index contributed by atoms with van der Waals surface area (Å²) in [5, 5.41) is 6.20. The second-order valence-electron chi connectivity index (χ2n) is 14.0. The van der Waals surface area contributed by atoms with Gasteiger partial charge in [0.25, 0.3) is 26.0 Å². The zero-order valence-electron chi connectivity index (χ0n) is 35.4. The van der Waals surface area contributed by atoms with Crippen molar-refractivity contribution in [2.24, 2.45) is 4.99 Å². The topological polar surface area (TPSA) is 232 Å². The largest absolute Gasteiger partial charge is 0.417 e. The highest BCUT2D eigenvalue weighted by molar-refractivity contribution is 14.1. The van der Waals surface area contributed by atoms with Crippen LogP contribution in [0.3, 0.4) is 0 Å². The Hall–Kier alpha value is -5.75. The van der Waals surface area contributed by atoms with Crippen molar-refractivity contribution in [3.8, 4) is 0 Å². The molecule has 0 fully saturated rings. The van der Waals surface area contributed by atoms with Crippen LogP contribution in [0.2, 0.25) is 20.1 Å². The molecule has 0 unspecified atom stereocenters.